The Morgan fingerprint density at radius 1 is 1.57 bits per heavy atom. The van der Waals surface area contributed by atoms with Crippen molar-refractivity contribution in [3.8, 4) is 0 Å². The van der Waals surface area contributed by atoms with Crippen molar-refractivity contribution in [2.24, 2.45) is 0 Å². The predicted octanol–water partition coefficient (Wildman–Crippen LogP) is -0.0662. The number of nitrogens with zero attached hydrogens (tertiary/aromatic N) is 1. The number of hydrogen-bond acceptors (Lipinski definition) is 4. The van der Waals surface area contributed by atoms with Gasteiger partial charge in [-0.25, -0.2) is 9.78 Å². The van der Waals surface area contributed by atoms with Crippen LogP contribution in [0.3, 0.4) is 0 Å². The van der Waals surface area contributed by atoms with Gasteiger partial charge in [0, 0.05) is 18.8 Å². The minimum atomic E-state index is -0.307. The number of hydrogen-bond donors (Lipinski definition) is 3. The smallest absolute Gasteiger partial charge is 0.346 e. The maximum Gasteiger partial charge on any atom is 0.346 e. The van der Waals surface area contributed by atoms with Gasteiger partial charge < -0.3 is 10.6 Å². The first-order valence-electron chi connectivity index (χ1n) is 4.87. The van der Waals surface area contributed by atoms with Crippen molar-refractivity contribution in [1.82, 2.24) is 15.3 Å². The molecule has 5 heteroatoms. The zero-order valence-electron chi connectivity index (χ0n) is 7.92. The van der Waals surface area contributed by atoms with Crippen LogP contribution >= 0.6 is 0 Å². The summed E-state index contributed by atoms with van der Waals surface area (Å²) < 4.78 is 0. The summed E-state index contributed by atoms with van der Waals surface area (Å²) in [5.74, 6) is 0.749. The van der Waals surface area contributed by atoms with E-state index in [2.05, 4.69) is 20.6 Å². The largest absolute Gasteiger partial charge is 0.367 e. The van der Waals surface area contributed by atoms with E-state index in [9.17, 15) is 4.79 Å². The van der Waals surface area contributed by atoms with Gasteiger partial charge in [0.05, 0.1) is 0 Å². The SMILES string of the molecule is O=c1nccc(NC2CCCNC2)[nH]1. The molecule has 76 valence electrons. The second kappa shape index (κ2) is 4.23. The monoisotopic (exact) mass is 194 g/mol. The lowest BCUT2D eigenvalue weighted by molar-refractivity contribution is 0.479. The summed E-state index contributed by atoms with van der Waals surface area (Å²) in [5, 5.41) is 6.56. The summed E-state index contributed by atoms with van der Waals surface area (Å²) in [6.07, 6.45) is 3.82. The highest BCUT2D eigenvalue weighted by Crippen LogP contribution is 2.07. The number of piperidine rings is 1. The fourth-order valence-corrected chi connectivity index (χ4v) is 1.65. The normalized spacial score (nSPS) is 21.9. The van der Waals surface area contributed by atoms with E-state index >= 15 is 0 Å². The maximum absolute atomic E-state index is 10.9. The van der Waals surface area contributed by atoms with Crippen molar-refractivity contribution in [3.63, 3.8) is 0 Å². The molecule has 14 heavy (non-hydrogen) atoms. The number of aromatic nitrogens is 2. The third-order valence-electron chi connectivity index (χ3n) is 2.33. The molecule has 0 aromatic carbocycles. The summed E-state index contributed by atoms with van der Waals surface area (Å²) >= 11 is 0. The molecule has 1 fully saturated rings. The highest BCUT2D eigenvalue weighted by molar-refractivity contribution is 5.33. The van der Waals surface area contributed by atoms with Gasteiger partial charge in [-0.3, -0.25) is 4.98 Å². The molecule has 1 atom stereocenters. The zero-order chi connectivity index (χ0) is 9.80. The van der Waals surface area contributed by atoms with E-state index in [-0.39, 0.29) is 5.69 Å². The summed E-state index contributed by atoms with van der Waals surface area (Å²) in [4.78, 5) is 17.1. The van der Waals surface area contributed by atoms with Crippen LogP contribution in [-0.2, 0) is 0 Å². The number of anilines is 1. The molecule has 1 saturated heterocycles. The van der Waals surface area contributed by atoms with Crippen LogP contribution in [0.2, 0.25) is 0 Å². The molecule has 2 rings (SSSR count). The molecule has 0 bridgehead atoms. The van der Waals surface area contributed by atoms with E-state index in [0.717, 1.165) is 25.3 Å². The van der Waals surface area contributed by atoms with Gasteiger partial charge in [0.25, 0.3) is 0 Å². The Bertz CT molecular complexity index is 343. The van der Waals surface area contributed by atoms with Crippen molar-refractivity contribution in [1.29, 1.82) is 0 Å². The van der Waals surface area contributed by atoms with Crippen molar-refractivity contribution in [3.05, 3.63) is 22.7 Å². The number of aromatic amines is 1. The molecule has 0 saturated carbocycles. The fourth-order valence-electron chi connectivity index (χ4n) is 1.65. The first-order valence-corrected chi connectivity index (χ1v) is 4.87. The van der Waals surface area contributed by atoms with E-state index in [1.165, 1.54) is 12.6 Å². The number of rotatable bonds is 2. The summed E-state index contributed by atoms with van der Waals surface area (Å²) in [6, 6.07) is 2.18. The number of nitrogens with one attached hydrogen (secondary N) is 3. The summed E-state index contributed by atoms with van der Waals surface area (Å²) in [5.41, 5.74) is -0.307. The number of H-pyrrole nitrogens is 1. The standard InChI is InChI=1S/C9H14N4O/c14-9-11-5-3-8(13-9)12-7-2-1-4-10-6-7/h3,5,7,10H,1-2,4,6H2,(H2,11,12,13,14). The van der Waals surface area contributed by atoms with E-state index in [1.807, 2.05) is 0 Å². The van der Waals surface area contributed by atoms with Crippen LogP contribution in [0.1, 0.15) is 12.8 Å². The van der Waals surface area contributed by atoms with Crippen molar-refractivity contribution >= 4 is 5.82 Å². The van der Waals surface area contributed by atoms with Crippen LogP contribution in [0.4, 0.5) is 5.82 Å². The molecule has 0 spiro atoms. The molecule has 1 aromatic heterocycles. The van der Waals surface area contributed by atoms with E-state index in [4.69, 9.17) is 0 Å². The van der Waals surface area contributed by atoms with Crippen molar-refractivity contribution in [2.45, 2.75) is 18.9 Å². The average Bonchev–Trinajstić information content (AvgIpc) is 2.19. The molecule has 1 aliphatic rings. The molecule has 1 aliphatic heterocycles. The highest BCUT2D eigenvalue weighted by Gasteiger charge is 2.12. The maximum atomic E-state index is 10.9. The van der Waals surface area contributed by atoms with Crippen LogP contribution in [0.5, 0.6) is 0 Å². The van der Waals surface area contributed by atoms with Crippen LogP contribution in [0, 0.1) is 0 Å². The quantitative estimate of drug-likeness (QED) is 0.616. The van der Waals surface area contributed by atoms with Gasteiger partial charge in [-0.1, -0.05) is 0 Å². The minimum absolute atomic E-state index is 0.307. The van der Waals surface area contributed by atoms with Gasteiger partial charge >= 0.3 is 5.69 Å². The molecule has 0 amide bonds. The first-order chi connectivity index (χ1) is 6.84. The first kappa shape index (κ1) is 9.21. The van der Waals surface area contributed by atoms with E-state index in [1.54, 1.807) is 6.07 Å². The Kier molecular flexibility index (Phi) is 2.78. The van der Waals surface area contributed by atoms with Gasteiger partial charge in [0.15, 0.2) is 0 Å². The Labute approximate surface area is 82.0 Å². The predicted molar refractivity (Wildman–Crippen MR) is 54.4 cm³/mol. The van der Waals surface area contributed by atoms with E-state index in [0.29, 0.717) is 6.04 Å². The molecule has 0 radical (unpaired) electrons. The molecule has 1 aromatic rings. The Balaban J connectivity index is 1.99. The van der Waals surface area contributed by atoms with Crippen molar-refractivity contribution in [2.75, 3.05) is 18.4 Å². The molecule has 1 unspecified atom stereocenters. The molecule has 0 aliphatic carbocycles. The molecule has 3 N–H and O–H groups in total. The molecular formula is C9H14N4O. The third-order valence-corrected chi connectivity index (χ3v) is 2.33. The van der Waals surface area contributed by atoms with Gasteiger partial charge in [0.1, 0.15) is 5.82 Å². The van der Waals surface area contributed by atoms with Gasteiger partial charge in [-0.2, -0.15) is 0 Å². The van der Waals surface area contributed by atoms with Gasteiger partial charge in [-0.05, 0) is 25.5 Å². The fraction of sp³-hybridized carbons (Fsp3) is 0.556. The second-order valence-electron chi connectivity index (χ2n) is 3.48. The lowest BCUT2D eigenvalue weighted by atomic mass is 10.1. The Morgan fingerprint density at radius 2 is 2.50 bits per heavy atom. The summed E-state index contributed by atoms with van der Waals surface area (Å²) in [6.45, 7) is 2.04. The second-order valence-corrected chi connectivity index (χ2v) is 3.48. The lowest BCUT2D eigenvalue weighted by Gasteiger charge is -2.24. The highest BCUT2D eigenvalue weighted by atomic mass is 16.1. The van der Waals surface area contributed by atoms with Crippen LogP contribution in [0.15, 0.2) is 17.1 Å². The average molecular weight is 194 g/mol. The van der Waals surface area contributed by atoms with E-state index < -0.39 is 0 Å². The van der Waals surface area contributed by atoms with Crippen LogP contribution in [-0.4, -0.2) is 29.1 Å². The minimum Gasteiger partial charge on any atom is -0.367 e. The Morgan fingerprint density at radius 3 is 3.21 bits per heavy atom. The van der Waals surface area contributed by atoms with Crippen LogP contribution in [0.25, 0.3) is 0 Å². The Hall–Kier alpha value is -1.36. The third kappa shape index (κ3) is 2.32. The van der Waals surface area contributed by atoms with Gasteiger partial charge in [0.2, 0.25) is 0 Å². The lowest BCUT2D eigenvalue weighted by Crippen LogP contribution is -2.38. The molecule has 5 nitrogen and oxygen atoms in total. The molecular weight excluding hydrogens is 180 g/mol. The zero-order valence-corrected chi connectivity index (χ0v) is 7.92. The molecule has 2 heterocycles. The summed E-state index contributed by atoms with van der Waals surface area (Å²) in [7, 11) is 0. The van der Waals surface area contributed by atoms with Gasteiger partial charge in [-0.15, -0.1) is 0 Å². The van der Waals surface area contributed by atoms with Crippen molar-refractivity contribution < 1.29 is 0 Å². The van der Waals surface area contributed by atoms with Crippen LogP contribution < -0.4 is 16.3 Å². The topological polar surface area (TPSA) is 69.8 Å².